The predicted octanol–water partition coefficient (Wildman–Crippen LogP) is 3.79. The number of hydrogen-bond acceptors (Lipinski definition) is 5. The van der Waals surface area contributed by atoms with Gasteiger partial charge in [-0.2, -0.15) is 0 Å². The third-order valence-corrected chi connectivity index (χ3v) is 4.93. The molecule has 2 aromatic rings. The summed E-state index contributed by atoms with van der Waals surface area (Å²) >= 11 is 5.54. The number of carbonyl (C=O) groups is 1. The molecule has 0 spiro atoms. The Morgan fingerprint density at radius 1 is 1.18 bits per heavy atom. The molecule has 0 saturated heterocycles. The van der Waals surface area contributed by atoms with Crippen LogP contribution in [0.25, 0.3) is 0 Å². The highest BCUT2D eigenvalue weighted by atomic mass is 32.1. The molecule has 1 N–H and O–H groups in total. The van der Waals surface area contributed by atoms with Crippen LogP contribution >= 0.6 is 12.2 Å². The highest BCUT2D eigenvalue weighted by Gasteiger charge is 2.37. The first-order chi connectivity index (χ1) is 13.3. The van der Waals surface area contributed by atoms with E-state index in [0.717, 1.165) is 11.3 Å². The van der Waals surface area contributed by atoms with E-state index in [1.807, 2.05) is 31.2 Å². The van der Waals surface area contributed by atoms with E-state index in [9.17, 15) is 14.9 Å². The van der Waals surface area contributed by atoms with Crippen LogP contribution in [0.15, 0.2) is 59.8 Å². The van der Waals surface area contributed by atoms with Crippen LogP contribution in [0.1, 0.15) is 24.1 Å². The number of esters is 1. The first-order valence-corrected chi connectivity index (χ1v) is 8.95. The Morgan fingerprint density at radius 2 is 1.82 bits per heavy atom. The first kappa shape index (κ1) is 19.5. The third-order valence-electron chi connectivity index (χ3n) is 4.63. The molecule has 0 fully saturated rings. The number of ether oxygens (including phenoxy) is 1. The van der Waals surface area contributed by atoms with E-state index in [2.05, 4.69) is 5.32 Å². The maximum atomic E-state index is 12.6. The molecule has 0 aliphatic carbocycles. The summed E-state index contributed by atoms with van der Waals surface area (Å²) in [4.78, 5) is 25.4. The van der Waals surface area contributed by atoms with Crippen molar-refractivity contribution in [2.45, 2.75) is 19.9 Å². The molecule has 8 heteroatoms. The normalized spacial score (nSPS) is 16.6. The number of rotatable bonds is 4. The van der Waals surface area contributed by atoms with Crippen molar-refractivity contribution in [1.82, 2.24) is 5.32 Å². The van der Waals surface area contributed by atoms with Gasteiger partial charge in [-0.1, -0.05) is 29.8 Å². The molecule has 3 rings (SSSR count). The number of allylic oxidation sites excluding steroid dienone is 1. The van der Waals surface area contributed by atoms with Crippen molar-refractivity contribution in [3.05, 3.63) is 81.0 Å². The standard InChI is InChI=1S/C20H19N3O4S/c1-12-8-10-14(11-9-12)22-13(2)17(19(24)27-3)18(21-20(22)28)15-6-4-5-7-16(15)23(25)26/h4-11,18H,1-3H3,(H,21,28)/t18-/m1/s1. The number of benzene rings is 2. The van der Waals surface area contributed by atoms with Crippen molar-refractivity contribution in [2.24, 2.45) is 0 Å². The number of nitrogens with one attached hydrogen (secondary N) is 1. The lowest BCUT2D eigenvalue weighted by Crippen LogP contribution is -2.48. The van der Waals surface area contributed by atoms with Gasteiger partial charge in [-0.25, -0.2) is 4.79 Å². The number of nitro benzene ring substituents is 1. The topological polar surface area (TPSA) is 84.7 Å². The fraction of sp³-hybridized carbons (Fsp3) is 0.200. The molecule has 2 aromatic carbocycles. The zero-order chi connectivity index (χ0) is 20.4. The van der Waals surface area contributed by atoms with Crippen molar-refractivity contribution in [2.75, 3.05) is 12.0 Å². The second-order valence-corrected chi connectivity index (χ2v) is 6.75. The van der Waals surface area contributed by atoms with E-state index in [4.69, 9.17) is 17.0 Å². The lowest BCUT2D eigenvalue weighted by Gasteiger charge is -2.37. The summed E-state index contributed by atoms with van der Waals surface area (Å²) in [5.41, 5.74) is 2.95. The van der Waals surface area contributed by atoms with E-state index in [0.29, 0.717) is 16.4 Å². The average Bonchev–Trinajstić information content (AvgIpc) is 2.68. The van der Waals surface area contributed by atoms with Crippen LogP contribution in [0.5, 0.6) is 0 Å². The number of nitro groups is 1. The number of para-hydroxylation sites is 1. The van der Waals surface area contributed by atoms with E-state index < -0.39 is 16.9 Å². The van der Waals surface area contributed by atoms with Crippen LogP contribution in [0.4, 0.5) is 11.4 Å². The summed E-state index contributed by atoms with van der Waals surface area (Å²) in [5, 5.41) is 14.9. The molecule has 1 atom stereocenters. The number of nitrogens with zero attached hydrogens (tertiary/aromatic N) is 2. The lowest BCUT2D eigenvalue weighted by atomic mass is 9.93. The Balaban J connectivity index is 2.19. The summed E-state index contributed by atoms with van der Waals surface area (Å²) in [6.45, 7) is 3.73. The maximum Gasteiger partial charge on any atom is 0.337 e. The van der Waals surface area contributed by atoms with Crippen LogP contribution in [0.3, 0.4) is 0 Å². The monoisotopic (exact) mass is 397 g/mol. The first-order valence-electron chi connectivity index (χ1n) is 8.54. The molecule has 0 bridgehead atoms. The minimum Gasteiger partial charge on any atom is -0.466 e. The Kier molecular flexibility index (Phi) is 5.41. The highest BCUT2D eigenvalue weighted by molar-refractivity contribution is 7.80. The third kappa shape index (κ3) is 3.46. The summed E-state index contributed by atoms with van der Waals surface area (Å²) in [6, 6.07) is 13.2. The van der Waals surface area contributed by atoms with Crippen LogP contribution in [-0.2, 0) is 9.53 Å². The summed E-state index contributed by atoms with van der Waals surface area (Å²) in [7, 11) is 1.28. The van der Waals surface area contributed by atoms with E-state index in [-0.39, 0.29) is 11.3 Å². The molecule has 0 amide bonds. The molecule has 0 unspecified atom stereocenters. The molecule has 0 aromatic heterocycles. The molecule has 7 nitrogen and oxygen atoms in total. The van der Waals surface area contributed by atoms with Crippen LogP contribution in [0.2, 0.25) is 0 Å². The van der Waals surface area contributed by atoms with Gasteiger partial charge < -0.3 is 10.1 Å². The average molecular weight is 397 g/mol. The predicted molar refractivity (Wildman–Crippen MR) is 110 cm³/mol. The van der Waals surface area contributed by atoms with Gasteiger partial charge in [0.2, 0.25) is 0 Å². The lowest BCUT2D eigenvalue weighted by molar-refractivity contribution is -0.385. The SMILES string of the molecule is COC(=O)C1=C(C)N(c2ccc(C)cc2)C(=S)N[C@@H]1c1ccccc1[N+](=O)[O-]. The quantitative estimate of drug-likeness (QED) is 0.364. The number of thiocarbonyl (C=S) groups is 1. The van der Waals surface area contributed by atoms with Crippen LogP contribution in [0, 0.1) is 17.0 Å². The Labute approximate surface area is 167 Å². The van der Waals surface area contributed by atoms with Crippen molar-refractivity contribution < 1.29 is 14.5 Å². The zero-order valence-corrected chi connectivity index (χ0v) is 16.4. The molecular weight excluding hydrogens is 378 g/mol. The second kappa shape index (κ2) is 7.77. The van der Waals surface area contributed by atoms with Crippen molar-refractivity contribution in [3.63, 3.8) is 0 Å². The molecule has 0 saturated carbocycles. The second-order valence-electron chi connectivity index (χ2n) is 6.36. The van der Waals surface area contributed by atoms with Crippen LogP contribution < -0.4 is 10.2 Å². The molecule has 1 heterocycles. The molecule has 1 aliphatic heterocycles. The van der Waals surface area contributed by atoms with Gasteiger partial charge in [-0.3, -0.25) is 15.0 Å². The smallest absolute Gasteiger partial charge is 0.337 e. The fourth-order valence-corrected chi connectivity index (χ4v) is 3.61. The number of hydrogen-bond donors (Lipinski definition) is 1. The number of carbonyl (C=O) groups excluding carboxylic acids is 1. The molecule has 28 heavy (non-hydrogen) atoms. The molecule has 0 radical (unpaired) electrons. The molecule has 1 aliphatic rings. The Hall–Kier alpha value is -3.26. The van der Waals surface area contributed by atoms with Gasteiger partial charge in [0.15, 0.2) is 5.11 Å². The van der Waals surface area contributed by atoms with Gasteiger partial charge in [0, 0.05) is 17.5 Å². The fourth-order valence-electron chi connectivity index (χ4n) is 3.25. The number of aryl methyl sites for hydroxylation is 1. The van der Waals surface area contributed by atoms with E-state index in [1.54, 1.807) is 30.0 Å². The Morgan fingerprint density at radius 3 is 2.43 bits per heavy atom. The van der Waals surface area contributed by atoms with Crippen molar-refractivity contribution in [3.8, 4) is 0 Å². The minimum absolute atomic E-state index is 0.0965. The molecule has 144 valence electrons. The van der Waals surface area contributed by atoms with Gasteiger partial charge in [-0.05, 0) is 44.3 Å². The van der Waals surface area contributed by atoms with Crippen molar-refractivity contribution >= 4 is 34.7 Å². The minimum atomic E-state index is -0.789. The van der Waals surface area contributed by atoms with Gasteiger partial charge in [0.25, 0.3) is 5.69 Å². The molecular formula is C20H19N3O4S. The zero-order valence-electron chi connectivity index (χ0n) is 15.6. The van der Waals surface area contributed by atoms with E-state index >= 15 is 0 Å². The van der Waals surface area contributed by atoms with E-state index in [1.165, 1.54) is 13.2 Å². The maximum absolute atomic E-state index is 12.6. The number of methoxy groups -OCH3 is 1. The highest BCUT2D eigenvalue weighted by Crippen LogP contribution is 2.37. The van der Waals surface area contributed by atoms with Crippen LogP contribution in [-0.4, -0.2) is 23.1 Å². The van der Waals surface area contributed by atoms with Gasteiger partial charge in [0.1, 0.15) is 0 Å². The summed E-state index contributed by atoms with van der Waals surface area (Å²) < 4.78 is 4.97. The van der Waals surface area contributed by atoms with Crippen molar-refractivity contribution in [1.29, 1.82) is 0 Å². The number of anilines is 1. The largest absolute Gasteiger partial charge is 0.466 e. The summed E-state index contributed by atoms with van der Waals surface area (Å²) in [5.74, 6) is -0.576. The van der Waals surface area contributed by atoms with Gasteiger partial charge >= 0.3 is 5.97 Å². The van der Waals surface area contributed by atoms with Gasteiger partial charge in [0.05, 0.1) is 29.2 Å². The summed E-state index contributed by atoms with van der Waals surface area (Å²) in [6.07, 6.45) is 0. The van der Waals surface area contributed by atoms with Gasteiger partial charge in [-0.15, -0.1) is 0 Å². The Bertz CT molecular complexity index is 985.